The fraction of sp³-hybridized carbons (Fsp3) is 0.588. The molecule has 1 saturated heterocycles. The van der Waals surface area contributed by atoms with Crippen LogP contribution >= 0.6 is 0 Å². The standard InChI is InChI=1S/C17H24FNO/c1-2-3-11-19-12-5-4-6-15(13-19)17(20)14-7-9-16(18)10-8-14/h7-10,15H,2-6,11-13H2,1H3. The highest BCUT2D eigenvalue weighted by Gasteiger charge is 2.24. The monoisotopic (exact) mass is 277 g/mol. The van der Waals surface area contributed by atoms with Crippen LogP contribution in [0.2, 0.25) is 0 Å². The van der Waals surface area contributed by atoms with E-state index >= 15 is 0 Å². The minimum Gasteiger partial charge on any atom is -0.303 e. The first-order valence-corrected chi connectivity index (χ1v) is 7.73. The molecule has 0 radical (unpaired) electrons. The number of nitrogens with zero attached hydrogens (tertiary/aromatic N) is 1. The molecule has 1 fully saturated rings. The zero-order chi connectivity index (χ0) is 14.4. The van der Waals surface area contributed by atoms with Gasteiger partial charge in [-0.3, -0.25) is 4.79 Å². The van der Waals surface area contributed by atoms with E-state index in [9.17, 15) is 9.18 Å². The van der Waals surface area contributed by atoms with Crippen molar-refractivity contribution in [3.05, 3.63) is 35.6 Å². The number of benzene rings is 1. The molecule has 0 N–H and O–H groups in total. The second-order valence-corrected chi connectivity index (χ2v) is 5.72. The van der Waals surface area contributed by atoms with E-state index in [1.165, 1.54) is 31.4 Å². The van der Waals surface area contributed by atoms with Crippen molar-refractivity contribution < 1.29 is 9.18 Å². The van der Waals surface area contributed by atoms with Gasteiger partial charge in [-0.2, -0.15) is 0 Å². The van der Waals surface area contributed by atoms with Crippen molar-refractivity contribution in [2.45, 2.75) is 39.0 Å². The highest BCUT2D eigenvalue weighted by Crippen LogP contribution is 2.21. The van der Waals surface area contributed by atoms with Crippen molar-refractivity contribution in [1.82, 2.24) is 4.90 Å². The van der Waals surface area contributed by atoms with E-state index in [0.717, 1.165) is 32.5 Å². The van der Waals surface area contributed by atoms with Gasteiger partial charge in [0, 0.05) is 18.0 Å². The van der Waals surface area contributed by atoms with E-state index < -0.39 is 0 Å². The summed E-state index contributed by atoms with van der Waals surface area (Å²) in [5, 5.41) is 0. The summed E-state index contributed by atoms with van der Waals surface area (Å²) in [4.78, 5) is 15.0. The van der Waals surface area contributed by atoms with Crippen molar-refractivity contribution >= 4 is 5.78 Å². The van der Waals surface area contributed by atoms with Crippen LogP contribution in [0, 0.1) is 11.7 Å². The second-order valence-electron chi connectivity index (χ2n) is 5.72. The van der Waals surface area contributed by atoms with Crippen LogP contribution in [0.1, 0.15) is 49.4 Å². The molecule has 2 rings (SSSR count). The molecule has 20 heavy (non-hydrogen) atoms. The number of rotatable bonds is 5. The number of likely N-dealkylation sites (tertiary alicyclic amines) is 1. The lowest BCUT2D eigenvalue weighted by atomic mass is 9.93. The first kappa shape index (κ1) is 15.2. The summed E-state index contributed by atoms with van der Waals surface area (Å²) in [5.74, 6) is -0.0415. The average Bonchev–Trinajstić information content (AvgIpc) is 2.71. The molecule has 0 saturated carbocycles. The number of Topliss-reactive ketones (excluding diaryl/α,β-unsaturated/α-hetero) is 1. The summed E-state index contributed by atoms with van der Waals surface area (Å²) in [6.07, 6.45) is 5.63. The van der Waals surface area contributed by atoms with Gasteiger partial charge in [-0.25, -0.2) is 4.39 Å². The minimum atomic E-state index is -0.285. The predicted molar refractivity (Wildman–Crippen MR) is 79.4 cm³/mol. The normalized spacial score (nSPS) is 20.6. The highest BCUT2D eigenvalue weighted by molar-refractivity contribution is 5.98. The Morgan fingerprint density at radius 2 is 2.05 bits per heavy atom. The highest BCUT2D eigenvalue weighted by atomic mass is 19.1. The van der Waals surface area contributed by atoms with Crippen molar-refractivity contribution in [3.8, 4) is 0 Å². The predicted octanol–water partition coefficient (Wildman–Crippen LogP) is 3.91. The van der Waals surface area contributed by atoms with Crippen LogP contribution in [0.25, 0.3) is 0 Å². The van der Waals surface area contributed by atoms with Gasteiger partial charge in [0.1, 0.15) is 5.82 Å². The number of hydrogen-bond donors (Lipinski definition) is 0. The molecule has 1 atom stereocenters. The van der Waals surface area contributed by atoms with Crippen molar-refractivity contribution in [2.24, 2.45) is 5.92 Å². The van der Waals surface area contributed by atoms with Crippen LogP contribution in [0.15, 0.2) is 24.3 Å². The van der Waals surface area contributed by atoms with Crippen LogP contribution in [0.4, 0.5) is 4.39 Å². The van der Waals surface area contributed by atoms with E-state index in [0.29, 0.717) is 5.56 Å². The summed E-state index contributed by atoms with van der Waals surface area (Å²) in [5.41, 5.74) is 0.647. The number of carbonyl (C=O) groups is 1. The van der Waals surface area contributed by atoms with Gasteiger partial charge in [-0.1, -0.05) is 19.8 Å². The molecule has 0 amide bonds. The van der Waals surface area contributed by atoms with Crippen LogP contribution < -0.4 is 0 Å². The third-order valence-electron chi connectivity index (χ3n) is 4.08. The topological polar surface area (TPSA) is 20.3 Å². The molecule has 1 aromatic rings. The van der Waals surface area contributed by atoms with Crippen molar-refractivity contribution in [1.29, 1.82) is 0 Å². The summed E-state index contributed by atoms with van der Waals surface area (Å²) >= 11 is 0. The van der Waals surface area contributed by atoms with E-state index in [2.05, 4.69) is 11.8 Å². The summed E-state index contributed by atoms with van der Waals surface area (Å²) in [6, 6.07) is 5.97. The molecule has 1 aromatic carbocycles. The number of unbranched alkanes of at least 4 members (excludes halogenated alkanes) is 1. The third-order valence-corrected chi connectivity index (χ3v) is 4.08. The van der Waals surface area contributed by atoms with Gasteiger partial charge < -0.3 is 4.90 Å². The summed E-state index contributed by atoms with van der Waals surface area (Å²) in [7, 11) is 0. The zero-order valence-corrected chi connectivity index (χ0v) is 12.3. The maximum Gasteiger partial charge on any atom is 0.167 e. The van der Waals surface area contributed by atoms with E-state index in [1.807, 2.05) is 0 Å². The molecule has 1 unspecified atom stereocenters. The Hall–Kier alpha value is -1.22. The lowest BCUT2D eigenvalue weighted by Crippen LogP contribution is -2.32. The fourth-order valence-electron chi connectivity index (χ4n) is 2.87. The average molecular weight is 277 g/mol. The molecule has 0 bridgehead atoms. The summed E-state index contributed by atoms with van der Waals surface area (Å²) < 4.78 is 12.9. The molecular weight excluding hydrogens is 253 g/mol. The van der Waals surface area contributed by atoms with Crippen molar-refractivity contribution in [2.75, 3.05) is 19.6 Å². The Labute approximate surface area is 121 Å². The van der Waals surface area contributed by atoms with Crippen LogP contribution in [-0.4, -0.2) is 30.3 Å². The minimum absolute atomic E-state index is 0.0693. The van der Waals surface area contributed by atoms with Gasteiger partial charge in [0.25, 0.3) is 0 Å². The van der Waals surface area contributed by atoms with E-state index in [-0.39, 0.29) is 17.5 Å². The number of carbonyl (C=O) groups excluding carboxylic acids is 1. The Morgan fingerprint density at radius 1 is 1.30 bits per heavy atom. The van der Waals surface area contributed by atoms with E-state index in [4.69, 9.17) is 0 Å². The molecule has 0 spiro atoms. The largest absolute Gasteiger partial charge is 0.303 e. The molecule has 1 heterocycles. The molecular formula is C17H24FNO. The summed E-state index contributed by atoms with van der Waals surface area (Å²) in [6.45, 7) is 5.24. The Morgan fingerprint density at radius 3 is 2.75 bits per heavy atom. The molecule has 3 heteroatoms. The van der Waals surface area contributed by atoms with Gasteiger partial charge >= 0.3 is 0 Å². The molecule has 0 aromatic heterocycles. The Bertz CT molecular complexity index is 429. The molecule has 2 nitrogen and oxygen atoms in total. The number of hydrogen-bond acceptors (Lipinski definition) is 2. The van der Waals surface area contributed by atoms with Crippen LogP contribution in [0.3, 0.4) is 0 Å². The molecule has 1 aliphatic heterocycles. The first-order chi connectivity index (χ1) is 9.70. The quantitative estimate of drug-likeness (QED) is 0.761. The van der Waals surface area contributed by atoms with Crippen LogP contribution in [0.5, 0.6) is 0 Å². The van der Waals surface area contributed by atoms with Gasteiger partial charge in [0.05, 0.1) is 0 Å². The zero-order valence-electron chi connectivity index (χ0n) is 12.3. The van der Waals surface area contributed by atoms with Gasteiger partial charge in [-0.05, 0) is 56.6 Å². The number of halogens is 1. The molecule has 0 aliphatic carbocycles. The second kappa shape index (κ2) is 7.53. The SMILES string of the molecule is CCCCN1CCCCC(C(=O)c2ccc(F)cc2)C1. The first-order valence-electron chi connectivity index (χ1n) is 7.73. The maximum atomic E-state index is 12.9. The maximum absolute atomic E-state index is 12.9. The van der Waals surface area contributed by atoms with Gasteiger partial charge in [-0.15, -0.1) is 0 Å². The lowest BCUT2D eigenvalue weighted by molar-refractivity contribution is 0.0885. The third kappa shape index (κ3) is 4.14. The Kier molecular flexibility index (Phi) is 5.72. The number of ketones is 1. The van der Waals surface area contributed by atoms with Crippen molar-refractivity contribution in [3.63, 3.8) is 0 Å². The molecule has 110 valence electrons. The Balaban J connectivity index is 2.01. The molecule has 1 aliphatic rings. The van der Waals surface area contributed by atoms with Crippen LogP contribution in [-0.2, 0) is 0 Å². The van der Waals surface area contributed by atoms with E-state index in [1.54, 1.807) is 12.1 Å². The van der Waals surface area contributed by atoms with Gasteiger partial charge in [0.2, 0.25) is 0 Å². The van der Waals surface area contributed by atoms with Gasteiger partial charge in [0.15, 0.2) is 5.78 Å². The smallest absolute Gasteiger partial charge is 0.167 e. The lowest BCUT2D eigenvalue weighted by Gasteiger charge is -2.23. The fourth-order valence-corrected chi connectivity index (χ4v) is 2.87.